The fraction of sp³-hybridized carbons (Fsp3) is 0.286. The summed E-state index contributed by atoms with van der Waals surface area (Å²) in [4.78, 5) is 11.3. The van der Waals surface area contributed by atoms with Gasteiger partial charge >= 0.3 is 5.97 Å². The van der Waals surface area contributed by atoms with E-state index in [9.17, 15) is 23.4 Å². The molecule has 0 aromatic heterocycles. The van der Waals surface area contributed by atoms with Gasteiger partial charge < -0.3 is 29.7 Å². The second-order valence-corrected chi connectivity index (χ2v) is 12.4. The predicted molar refractivity (Wildman–Crippen MR) is 177 cm³/mol. The van der Waals surface area contributed by atoms with Gasteiger partial charge in [0.05, 0.1) is 16.7 Å². The summed E-state index contributed by atoms with van der Waals surface area (Å²) in [6.45, 7) is 4.58. The second-order valence-electron chi connectivity index (χ2n) is 10.7. The van der Waals surface area contributed by atoms with Crippen LogP contribution in [0.4, 0.5) is 5.69 Å². The molecule has 0 amide bonds. The van der Waals surface area contributed by atoms with Crippen LogP contribution in [-0.4, -0.2) is 49.9 Å². The lowest BCUT2D eigenvalue weighted by atomic mass is 10.0. The molecule has 0 saturated carbocycles. The number of carboxylic acids is 1. The molecule has 10 nitrogen and oxygen atoms in total. The number of aliphatic carboxylic acids is 1. The molecule has 4 bridgehead atoms. The number of rotatable bonds is 12. The van der Waals surface area contributed by atoms with Crippen molar-refractivity contribution in [2.24, 2.45) is 0 Å². The highest BCUT2D eigenvalue weighted by Crippen LogP contribution is 2.33. The van der Waals surface area contributed by atoms with Crippen LogP contribution in [0.2, 0.25) is 0 Å². The number of hydrogen-bond acceptors (Lipinski definition) is 8. The largest absolute Gasteiger partial charge is 0.492 e. The quantitative estimate of drug-likeness (QED) is 0.136. The first-order chi connectivity index (χ1) is 21.6. The zero-order chi connectivity index (χ0) is 32.0. The van der Waals surface area contributed by atoms with Crippen LogP contribution in [0, 0.1) is 0 Å². The molecule has 1 aliphatic rings. The zero-order valence-electron chi connectivity index (χ0n) is 25.0. The van der Waals surface area contributed by atoms with Crippen LogP contribution in [0.5, 0.6) is 17.2 Å². The number of nitrogens with one attached hydrogen (secondary N) is 2. The highest BCUT2D eigenvalue weighted by molar-refractivity contribution is 7.92. The number of fused-ring (bicyclic) bond motifs is 4. The van der Waals surface area contributed by atoms with Gasteiger partial charge in [0.2, 0.25) is 0 Å². The van der Waals surface area contributed by atoms with E-state index in [1.54, 1.807) is 55.5 Å². The van der Waals surface area contributed by atoms with E-state index in [0.29, 0.717) is 42.4 Å². The van der Waals surface area contributed by atoms with Crippen molar-refractivity contribution >= 4 is 21.7 Å². The van der Waals surface area contributed by atoms with Gasteiger partial charge in [0.25, 0.3) is 10.0 Å². The van der Waals surface area contributed by atoms with Crippen LogP contribution in [0.25, 0.3) is 11.1 Å². The molecule has 5 rings (SSSR count). The topological polar surface area (TPSA) is 143 Å². The van der Waals surface area contributed by atoms with Gasteiger partial charge in [-0.3, -0.25) is 4.72 Å². The Morgan fingerprint density at radius 2 is 1.65 bits per heavy atom. The average molecular weight is 649 g/mol. The van der Waals surface area contributed by atoms with Crippen LogP contribution in [0.3, 0.4) is 0 Å². The number of carbonyl (C=O) groups is 1. The third kappa shape index (κ3) is 8.36. The van der Waals surface area contributed by atoms with Crippen LogP contribution in [0.15, 0.2) is 95.9 Å². The summed E-state index contributed by atoms with van der Waals surface area (Å²) in [5.41, 5.74) is 3.34. The first-order valence-electron chi connectivity index (χ1n) is 14.7. The van der Waals surface area contributed by atoms with Crippen molar-refractivity contribution in [2.45, 2.75) is 57.4 Å². The van der Waals surface area contributed by atoms with Crippen LogP contribution >= 0.6 is 0 Å². The maximum atomic E-state index is 13.1. The molecule has 0 spiro atoms. The van der Waals surface area contributed by atoms with Gasteiger partial charge in [0.1, 0.15) is 30.5 Å². The fourth-order valence-electron chi connectivity index (χ4n) is 4.92. The lowest BCUT2D eigenvalue weighted by Gasteiger charge is -2.24. The number of aliphatic hydroxyl groups excluding tert-OH is 1. The molecule has 0 aliphatic carbocycles. The lowest BCUT2D eigenvalue weighted by Crippen LogP contribution is -2.35. The van der Waals surface area contributed by atoms with Gasteiger partial charge in [0.15, 0.2) is 6.10 Å². The lowest BCUT2D eigenvalue weighted by molar-refractivity contribution is -0.145. The number of hydrogen-bond donors (Lipinski definition) is 4. The standard InChI is InChI=1S/C34H36N2O8S.CH4/c1-3-32(34(38)39)44-27-13-9-25(10-14-27)24-7-11-26(12-8-24)42-18-17-35-22(2)33(37)30-16-15-28-20-31(30)36-45(40,41)29-6-4-5-23(19-29)21-43-28;/h4-16,19-20,22,32-33,35-37H,3,17-18,21H2,1-2H3,(H,38,39);1H4/t22-,32?,33-;/m0./s1. The van der Waals surface area contributed by atoms with Gasteiger partial charge in [-0.05, 0) is 72.5 Å². The van der Waals surface area contributed by atoms with Gasteiger partial charge in [-0.25, -0.2) is 13.2 Å². The molecular weight excluding hydrogens is 608 g/mol. The number of aliphatic hydroxyl groups is 1. The molecule has 0 fully saturated rings. The molecule has 11 heteroatoms. The number of benzene rings is 4. The van der Waals surface area contributed by atoms with Crippen LogP contribution in [0.1, 0.15) is 44.9 Å². The molecule has 4 N–H and O–H groups in total. The summed E-state index contributed by atoms with van der Waals surface area (Å²) in [5, 5.41) is 23.6. The minimum Gasteiger partial charge on any atom is -0.492 e. The number of anilines is 1. The third-order valence-corrected chi connectivity index (χ3v) is 8.84. The Kier molecular flexibility index (Phi) is 11.3. The molecule has 46 heavy (non-hydrogen) atoms. The maximum Gasteiger partial charge on any atom is 0.344 e. The minimum absolute atomic E-state index is 0. The molecule has 0 radical (unpaired) electrons. The van der Waals surface area contributed by atoms with Gasteiger partial charge in [-0.15, -0.1) is 0 Å². The van der Waals surface area contributed by atoms with Gasteiger partial charge in [0, 0.05) is 24.2 Å². The Labute approximate surface area is 270 Å². The second kappa shape index (κ2) is 15.1. The van der Waals surface area contributed by atoms with Crippen LogP contribution in [-0.2, 0) is 21.4 Å². The van der Waals surface area contributed by atoms with E-state index in [4.69, 9.17) is 14.2 Å². The summed E-state index contributed by atoms with van der Waals surface area (Å²) in [7, 11) is -3.87. The highest BCUT2D eigenvalue weighted by Gasteiger charge is 2.24. The van der Waals surface area contributed by atoms with Crippen molar-refractivity contribution in [3.8, 4) is 28.4 Å². The molecule has 1 unspecified atom stereocenters. The van der Waals surface area contributed by atoms with Crippen molar-refractivity contribution in [3.63, 3.8) is 0 Å². The molecule has 4 aromatic rings. The van der Waals surface area contributed by atoms with E-state index in [0.717, 1.165) is 16.7 Å². The van der Waals surface area contributed by atoms with Gasteiger partial charge in [-0.1, -0.05) is 56.8 Å². The maximum absolute atomic E-state index is 13.1. The molecule has 244 valence electrons. The molecule has 1 heterocycles. The molecule has 1 aliphatic heterocycles. The monoisotopic (exact) mass is 648 g/mol. The fourth-order valence-corrected chi connectivity index (χ4v) is 6.07. The Morgan fingerprint density at radius 1 is 0.978 bits per heavy atom. The van der Waals surface area contributed by atoms with Crippen molar-refractivity contribution < 1.29 is 37.6 Å². The highest BCUT2D eigenvalue weighted by atomic mass is 32.2. The van der Waals surface area contributed by atoms with Crippen molar-refractivity contribution in [1.82, 2.24) is 5.32 Å². The van der Waals surface area contributed by atoms with Crippen molar-refractivity contribution in [3.05, 3.63) is 102 Å². The number of carboxylic acid groups (broad SMARTS) is 1. The molecule has 4 aromatic carbocycles. The van der Waals surface area contributed by atoms with E-state index >= 15 is 0 Å². The summed E-state index contributed by atoms with van der Waals surface area (Å²) in [6.07, 6.45) is -1.52. The van der Waals surface area contributed by atoms with Crippen molar-refractivity contribution in [1.29, 1.82) is 0 Å². The summed E-state index contributed by atoms with van der Waals surface area (Å²) < 4.78 is 46.0. The molecule has 3 atom stereocenters. The van der Waals surface area contributed by atoms with Gasteiger partial charge in [-0.2, -0.15) is 0 Å². The van der Waals surface area contributed by atoms with Crippen molar-refractivity contribution in [2.75, 3.05) is 17.9 Å². The zero-order valence-corrected chi connectivity index (χ0v) is 25.8. The van der Waals surface area contributed by atoms with Crippen LogP contribution < -0.4 is 24.2 Å². The molecular formula is C35H40N2O8S. The number of sulfonamides is 1. The third-order valence-electron chi connectivity index (χ3n) is 7.48. The molecule has 0 saturated heterocycles. The van der Waals surface area contributed by atoms with E-state index in [1.807, 2.05) is 43.3 Å². The Morgan fingerprint density at radius 3 is 2.30 bits per heavy atom. The average Bonchev–Trinajstić information content (AvgIpc) is 3.04. The summed E-state index contributed by atoms with van der Waals surface area (Å²) >= 11 is 0. The minimum atomic E-state index is -3.87. The first kappa shape index (κ1) is 34.3. The summed E-state index contributed by atoms with van der Waals surface area (Å²) in [5.74, 6) is 0.677. The number of ether oxygens (including phenoxy) is 3. The Balaban J connectivity index is 0.00000480. The smallest absolute Gasteiger partial charge is 0.344 e. The Bertz CT molecular complexity index is 1730. The van der Waals surface area contributed by atoms with E-state index in [-0.39, 0.29) is 24.6 Å². The van der Waals surface area contributed by atoms with E-state index in [2.05, 4.69) is 10.0 Å². The summed E-state index contributed by atoms with van der Waals surface area (Å²) in [6, 6.07) is 26.0. The predicted octanol–water partition coefficient (Wildman–Crippen LogP) is 6.02. The first-order valence-corrected chi connectivity index (χ1v) is 16.1. The normalized spacial score (nSPS) is 15.1. The van der Waals surface area contributed by atoms with E-state index in [1.165, 1.54) is 6.07 Å². The Hall–Kier alpha value is -4.58. The van der Waals surface area contributed by atoms with E-state index < -0.39 is 34.2 Å². The SMILES string of the molecule is C.CCC(Oc1ccc(-c2ccc(OCCN[C@@H](C)[C@H](O)c3ccc4cc3NS(=O)(=O)c3cccc(c3)CO4)cc2)cc1)C(=O)O.